The molecule has 0 amide bonds. The van der Waals surface area contributed by atoms with Crippen LogP contribution in [0.4, 0.5) is 0 Å². The van der Waals surface area contributed by atoms with Gasteiger partial charge in [-0.1, -0.05) is 34.1 Å². The zero-order valence-electron chi connectivity index (χ0n) is 7.29. The monoisotopic (exact) mass is 261 g/mol. The van der Waals surface area contributed by atoms with E-state index in [1.807, 2.05) is 0 Å². The van der Waals surface area contributed by atoms with E-state index in [0.29, 0.717) is 5.92 Å². The molecule has 0 bridgehead atoms. The van der Waals surface area contributed by atoms with Crippen LogP contribution >= 0.6 is 28.3 Å². The van der Waals surface area contributed by atoms with Gasteiger partial charge in [-0.05, 0) is 30.5 Å². The van der Waals surface area contributed by atoms with Crippen molar-refractivity contribution in [3.63, 3.8) is 0 Å². The lowest BCUT2D eigenvalue weighted by molar-refractivity contribution is 0.759. The van der Waals surface area contributed by atoms with Crippen LogP contribution in [0.1, 0.15) is 17.9 Å². The Labute approximate surface area is 93.5 Å². The van der Waals surface area contributed by atoms with Crippen LogP contribution in [-0.2, 0) is 0 Å². The molecule has 1 aliphatic rings. The molecular formula is C10H13BrClN. The minimum Gasteiger partial charge on any atom is -0.316 e. The maximum atomic E-state index is 3.58. The van der Waals surface area contributed by atoms with Gasteiger partial charge in [0.25, 0.3) is 0 Å². The van der Waals surface area contributed by atoms with Crippen molar-refractivity contribution in [1.29, 1.82) is 0 Å². The van der Waals surface area contributed by atoms with E-state index in [2.05, 4.69) is 45.5 Å². The van der Waals surface area contributed by atoms with Gasteiger partial charge in [-0.3, -0.25) is 0 Å². The summed E-state index contributed by atoms with van der Waals surface area (Å²) in [5, 5.41) is 3.38. The first-order valence-corrected chi connectivity index (χ1v) is 5.12. The number of nitrogens with one attached hydrogen (secondary N) is 1. The number of hydrogen-bond acceptors (Lipinski definition) is 1. The fourth-order valence-corrected chi connectivity index (χ4v) is 2.33. The summed E-state index contributed by atoms with van der Waals surface area (Å²) in [6.07, 6.45) is 1.27. The summed E-state index contributed by atoms with van der Waals surface area (Å²) in [6, 6.07) is 8.50. The van der Waals surface area contributed by atoms with E-state index in [9.17, 15) is 0 Å². The Bertz CT molecular complexity index is 271. The van der Waals surface area contributed by atoms with Gasteiger partial charge in [-0.25, -0.2) is 0 Å². The van der Waals surface area contributed by atoms with Crippen molar-refractivity contribution >= 4 is 28.3 Å². The molecule has 2 rings (SSSR count). The Hall–Kier alpha value is -0.0500. The maximum Gasteiger partial charge on any atom is 0.0210 e. The maximum absolute atomic E-state index is 3.58. The predicted octanol–water partition coefficient (Wildman–Crippen LogP) is 2.95. The first-order valence-electron chi connectivity index (χ1n) is 4.33. The van der Waals surface area contributed by atoms with Gasteiger partial charge in [0.05, 0.1) is 0 Å². The fourth-order valence-electron chi connectivity index (χ4n) is 1.73. The Morgan fingerprint density at radius 3 is 2.69 bits per heavy atom. The van der Waals surface area contributed by atoms with E-state index in [1.54, 1.807) is 0 Å². The predicted molar refractivity (Wildman–Crippen MR) is 61.6 cm³/mol. The molecule has 1 unspecified atom stereocenters. The molecule has 1 aliphatic heterocycles. The van der Waals surface area contributed by atoms with E-state index in [-0.39, 0.29) is 12.4 Å². The molecule has 3 heteroatoms. The van der Waals surface area contributed by atoms with Gasteiger partial charge in [0.15, 0.2) is 0 Å². The summed E-state index contributed by atoms with van der Waals surface area (Å²) in [5.74, 6) is 0.709. The molecular weight excluding hydrogens is 249 g/mol. The zero-order chi connectivity index (χ0) is 8.39. The lowest BCUT2D eigenvalue weighted by Gasteiger charge is -2.09. The van der Waals surface area contributed by atoms with Crippen molar-refractivity contribution in [2.24, 2.45) is 0 Å². The van der Waals surface area contributed by atoms with Gasteiger partial charge in [0.2, 0.25) is 0 Å². The number of benzene rings is 1. The molecule has 1 fully saturated rings. The molecule has 1 atom stereocenters. The first-order chi connectivity index (χ1) is 5.88. The van der Waals surface area contributed by atoms with Crippen molar-refractivity contribution < 1.29 is 0 Å². The van der Waals surface area contributed by atoms with E-state index < -0.39 is 0 Å². The lowest BCUT2D eigenvalue weighted by Crippen LogP contribution is -2.08. The molecule has 1 heterocycles. The highest BCUT2D eigenvalue weighted by Gasteiger charge is 2.17. The Morgan fingerprint density at radius 1 is 1.31 bits per heavy atom. The second kappa shape index (κ2) is 4.99. The van der Waals surface area contributed by atoms with Crippen molar-refractivity contribution in [3.8, 4) is 0 Å². The topological polar surface area (TPSA) is 12.0 Å². The molecule has 1 N–H and O–H groups in total. The molecule has 1 nitrogen and oxygen atoms in total. The highest BCUT2D eigenvalue weighted by Crippen LogP contribution is 2.28. The SMILES string of the molecule is Brc1ccccc1C1CCNC1.Cl. The van der Waals surface area contributed by atoms with Gasteiger partial charge in [0.1, 0.15) is 0 Å². The van der Waals surface area contributed by atoms with Crippen LogP contribution < -0.4 is 5.32 Å². The third-order valence-electron chi connectivity index (χ3n) is 2.41. The molecule has 0 saturated carbocycles. The van der Waals surface area contributed by atoms with Crippen LogP contribution in [0.3, 0.4) is 0 Å². The van der Waals surface area contributed by atoms with E-state index in [4.69, 9.17) is 0 Å². The molecule has 0 radical (unpaired) electrons. The Morgan fingerprint density at radius 2 is 2.08 bits per heavy atom. The zero-order valence-corrected chi connectivity index (χ0v) is 9.70. The van der Waals surface area contributed by atoms with Crippen LogP contribution in [0.2, 0.25) is 0 Å². The van der Waals surface area contributed by atoms with Gasteiger partial charge >= 0.3 is 0 Å². The van der Waals surface area contributed by atoms with Crippen molar-refractivity contribution in [1.82, 2.24) is 5.32 Å². The van der Waals surface area contributed by atoms with E-state index in [0.717, 1.165) is 13.1 Å². The summed E-state index contributed by atoms with van der Waals surface area (Å²) in [6.45, 7) is 2.29. The van der Waals surface area contributed by atoms with Gasteiger partial charge < -0.3 is 5.32 Å². The summed E-state index contributed by atoms with van der Waals surface area (Å²) < 4.78 is 1.25. The normalized spacial score (nSPS) is 21.2. The average Bonchev–Trinajstić information content (AvgIpc) is 2.57. The molecule has 0 aliphatic carbocycles. The van der Waals surface area contributed by atoms with Gasteiger partial charge in [0, 0.05) is 11.0 Å². The third-order valence-corrected chi connectivity index (χ3v) is 3.13. The number of halogens is 2. The highest BCUT2D eigenvalue weighted by atomic mass is 79.9. The second-order valence-corrected chi connectivity index (χ2v) is 4.07. The van der Waals surface area contributed by atoms with Crippen molar-refractivity contribution in [2.45, 2.75) is 12.3 Å². The highest BCUT2D eigenvalue weighted by molar-refractivity contribution is 9.10. The summed E-state index contributed by atoms with van der Waals surface area (Å²) >= 11 is 3.58. The number of rotatable bonds is 1. The van der Waals surface area contributed by atoms with Crippen LogP contribution in [-0.4, -0.2) is 13.1 Å². The summed E-state index contributed by atoms with van der Waals surface area (Å²) in [7, 11) is 0. The van der Waals surface area contributed by atoms with Crippen LogP contribution in [0.5, 0.6) is 0 Å². The molecule has 1 aromatic rings. The summed E-state index contributed by atoms with van der Waals surface area (Å²) in [4.78, 5) is 0. The molecule has 13 heavy (non-hydrogen) atoms. The molecule has 1 saturated heterocycles. The first kappa shape index (κ1) is 11.0. The quantitative estimate of drug-likeness (QED) is 0.820. The van der Waals surface area contributed by atoms with Crippen LogP contribution in [0.25, 0.3) is 0 Å². The number of hydrogen-bond donors (Lipinski definition) is 1. The fraction of sp³-hybridized carbons (Fsp3) is 0.400. The van der Waals surface area contributed by atoms with Crippen LogP contribution in [0.15, 0.2) is 28.7 Å². The van der Waals surface area contributed by atoms with Crippen molar-refractivity contribution in [3.05, 3.63) is 34.3 Å². The minimum atomic E-state index is 0. The van der Waals surface area contributed by atoms with Gasteiger partial charge in [-0.2, -0.15) is 0 Å². The van der Waals surface area contributed by atoms with Gasteiger partial charge in [-0.15, -0.1) is 12.4 Å². The Kier molecular flexibility index (Phi) is 4.23. The average molecular weight is 263 g/mol. The van der Waals surface area contributed by atoms with E-state index in [1.165, 1.54) is 16.5 Å². The Balaban J connectivity index is 0.000000845. The lowest BCUT2D eigenvalue weighted by atomic mass is 9.99. The third kappa shape index (κ3) is 2.46. The van der Waals surface area contributed by atoms with Crippen molar-refractivity contribution in [2.75, 3.05) is 13.1 Å². The van der Waals surface area contributed by atoms with E-state index >= 15 is 0 Å². The largest absolute Gasteiger partial charge is 0.316 e. The second-order valence-electron chi connectivity index (χ2n) is 3.21. The standard InChI is InChI=1S/C10H12BrN.ClH/c11-10-4-2-1-3-9(10)8-5-6-12-7-8;/h1-4,8,12H,5-7H2;1H. The molecule has 72 valence electrons. The minimum absolute atomic E-state index is 0. The molecule has 0 aromatic heterocycles. The molecule has 0 spiro atoms. The van der Waals surface area contributed by atoms with Crippen LogP contribution in [0, 0.1) is 0 Å². The summed E-state index contributed by atoms with van der Waals surface area (Å²) in [5.41, 5.74) is 1.45. The molecule has 1 aromatic carbocycles. The smallest absolute Gasteiger partial charge is 0.0210 e.